The van der Waals surface area contributed by atoms with E-state index in [1.807, 2.05) is 18.2 Å². The molecule has 1 N–H and O–H groups in total. The number of hydrogen-bond donors (Lipinski definition) is 1. The van der Waals surface area contributed by atoms with Crippen LogP contribution in [0.1, 0.15) is 54.7 Å². The van der Waals surface area contributed by atoms with Gasteiger partial charge in [-0.05, 0) is 36.6 Å². The number of fused-ring (bicyclic) bond motifs is 1. The molecule has 5 heteroatoms. The molecule has 1 heterocycles. The Labute approximate surface area is 164 Å². The van der Waals surface area contributed by atoms with Crippen LogP contribution >= 0.6 is 0 Å². The number of carbonyl (C=O) groups excluding carboxylic acids is 1. The molecule has 0 atom stereocenters. The van der Waals surface area contributed by atoms with Gasteiger partial charge in [0, 0.05) is 6.54 Å². The SMILES string of the molecule is O=C(NCc1nc2ccccc2n1CCC1CCCCC1)c1ccccc1F. The van der Waals surface area contributed by atoms with Crippen LogP contribution in [0.3, 0.4) is 0 Å². The number of aryl methyl sites for hydroxylation is 1. The summed E-state index contributed by atoms with van der Waals surface area (Å²) in [6, 6.07) is 14.1. The number of aromatic nitrogens is 2. The van der Waals surface area contributed by atoms with Crippen LogP contribution in [-0.4, -0.2) is 15.5 Å². The van der Waals surface area contributed by atoms with Gasteiger partial charge in [0.2, 0.25) is 0 Å². The lowest BCUT2D eigenvalue weighted by atomic mass is 9.87. The lowest BCUT2D eigenvalue weighted by Gasteiger charge is -2.22. The highest BCUT2D eigenvalue weighted by molar-refractivity contribution is 5.94. The minimum absolute atomic E-state index is 0.0624. The summed E-state index contributed by atoms with van der Waals surface area (Å²) in [5, 5.41) is 2.83. The second kappa shape index (κ2) is 8.55. The van der Waals surface area contributed by atoms with Gasteiger partial charge in [-0.15, -0.1) is 0 Å². The molecule has 1 aromatic heterocycles. The molecule has 0 saturated heterocycles. The van der Waals surface area contributed by atoms with Gasteiger partial charge in [0.25, 0.3) is 5.91 Å². The molecule has 2 aromatic carbocycles. The highest BCUT2D eigenvalue weighted by Crippen LogP contribution is 2.27. The maximum absolute atomic E-state index is 13.9. The van der Waals surface area contributed by atoms with E-state index < -0.39 is 11.7 Å². The molecule has 0 aliphatic heterocycles. The highest BCUT2D eigenvalue weighted by Gasteiger charge is 2.17. The predicted molar refractivity (Wildman–Crippen MR) is 108 cm³/mol. The molecular formula is C23H26FN3O. The monoisotopic (exact) mass is 379 g/mol. The first-order chi connectivity index (χ1) is 13.7. The van der Waals surface area contributed by atoms with E-state index >= 15 is 0 Å². The number of para-hydroxylation sites is 2. The summed E-state index contributed by atoms with van der Waals surface area (Å²) in [7, 11) is 0. The van der Waals surface area contributed by atoms with Crippen LogP contribution in [0.25, 0.3) is 11.0 Å². The van der Waals surface area contributed by atoms with Crippen LogP contribution < -0.4 is 5.32 Å². The summed E-state index contributed by atoms with van der Waals surface area (Å²) in [5.41, 5.74) is 2.09. The molecule has 0 unspecified atom stereocenters. The average molecular weight is 379 g/mol. The minimum atomic E-state index is -0.509. The summed E-state index contributed by atoms with van der Waals surface area (Å²) < 4.78 is 16.1. The summed E-state index contributed by atoms with van der Waals surface area (Å²) >= 11 is 0. The van der Waals surface area contributed by atoms with Crippen LogP contribution in [0.15, 0.2) is 48.5 Å². The first kappa shape index (κ1) is 18.7. The Balaban J connectivity index is 1.51. The number of hydrogen-bond acceptors (Lipinski definition) is 2. The smallest absolute Gasteiger partial charge is 0.254 e. The predicted octanol–water partition coefficient (Wildman–Crippen LogP) is 5.08. The molecule has 1 fully saturated rings. The van der Waals surface area contributed by atoms with Crippen LogP contribution in [-0.2, 0) is 13.1 Å². The molecule has 0 spiro atoms. The van der Waals surface area contributed by atoms with E-state index in [0.717, 1.165) is 35.7 Å². The van der Waals surface area contributed by atoms with Crippen LogP contribution in [0.2, 0.25) is 0 Å². The number of halogens is 1. The Morgan fingerprint density at radius 1 is 1.07 bits per heavy atom. The zero-order valence-electron chi connectivity index (χ0n) is 16.0. The zero-order valence-corrected chi connectivity index (χ0v) is 16.0. The molecular weight excluding hydrogens is 353 g/mol. The van der Waals surface area contributed by atoms with E-state index in [0.29, 0.717) is 0 Å². The molecule has 1 saturated carbocycles. The van der Waals surface area contributed by atoms with Crippen LogP contribution in [0.4, 0.5) is 4.39 Å². The Morgan fingerprint density at radius 2 is 1.82 bits per heavy atom. The van der Waals surface area contributed by atoms with Gasteiger partial charge in [0.15, 0.2) is 0 Å². The van der Waals surface area contributed by atoms with Crippen molar-refractivity contribution in [3.8, 4) is 0 Å². The van der Waals surface area contributed by atoms with Gasteiger partial charge in [0.1, 0.15) is 11.6 Å². The lowest BCUT2D eigenvalue weighted by Crippen LogP contribution is -2.25. The van der Waals surface area contributed by atoms with Crippen LogP contribution in [0, 0.1) is 11.7 Å². The number of rotatable bonds is 6. The molecule has 0 bridgehead atoms. The number of benzene rings is 2. The fraction of sp³-hybridized carbons (Fsp3) is 0.391. The van der Waals surface area contributed by atoms with E-state index in [1.54, 1.807) is 12.1 Å². The second-order valence-corrected chi connectivity index (χ2v) is 7.62. The summed E-state index contributed by atoms with van der Waals surface area (Å²) in [4.78, 5) is 17.1. The largest absolute Gasteiger partial charge is 0.345 e. The van der Waals surface area contributed by atoms with Gasteiger partial charge < -0.3 is 9.88 Å². The Hall–Kier alpha value is -2.69. The van der Waals surface area contributed by atoms with Gasteiger partial charge in [-0.3, -0.25) is 4.79 Å². The van der Waals surface area contributed by atoms with E-state index in [1.165, 1.54) is 44.2 Å². The normalized spacial score (nSPS) is 15.0. The topological polar surface area (TPSA) is 46.9 Å². The van der Waals surface area contributed by atoms with Crippen molar-refractivity contribution in [2.24, 2.45) is 5.92 Å². The van der Waals surface area contributed by atoms with Gasteiger partial charge in [-0.1, -0.05) is 56.4 Å². The number of nitrogens with zero attached hydrogens (tertiary/aromatic N) is 2. The fourth-order valence-corrected chi connectivity index (χ4v) is 4.20. The number of carbonyl (C=O) groups is 1. The van der Waals surface area contributed by atoms with Crippen molar-refractivity contribution in [3.05, 3.63) is 65.7 Å². The Bertz CT molecular complexity index is 959. The number of imidazole rings is 1. The standard InChI is InChI=1S/C23H26FN3O/c24-19-11-5-4-10-18(19)23(28)25-16-22-26-20-12-6-7-13-21(20)27(22)15-14-17-8-2-1-3-9-17/h4-7,10-13,17H,1-3,8-9,14-16H2,(H,25,28). The van der Waals surface area contributed by atoms with E-state index in [2.05, 4.69) is 16.0 Å². The number of amides is 1. The van der Waals surface area contributed by atoms with Gasteiger partial charge in [0.05, 0.1) is 23.1 Å². The third-order valence-corrected chi connectivity index (χ3v) is 5.74. The van der Waals surface area contributed by atoms with E-state index in [9.17, 15) is 9.18 Å². The van der Waals surface area contributed by atoms with Gasteiger partial charge in [-0.2, -0.15) is 0 Å². The van der Waals surface area contributed by atoms with Crippen molar-refractivity contribution in [1.82, 2.24) is 14.9 Å². The molecule has 1 aliphatic rings. The summed E-state index contributed by atoms with van der Waals surface area (Å²) in [5.74, 6) is 0.673. The van der Waals surface area contributed by atoms with Gasteiger partial charge >= 0.3 is 0 Å². The molecule has 146 valence electrons. The van der Waals surface area contributed by atoms with Gasteiger partial charge in [-0.25, -0.2) is 9.37 Å². The first-order valence-corrected chi connectivity index (χ1v) is 10.2. The van der Waals surface area contributed by atoms with E-state index in [4.69, 9.17) is 4.98 Å². The Morgan fingerprint density at radius 3 is 2.64 bits per heavy atom. The van der Waals surface area contributed by atoms with Crippen molar-refractivity contribution in [1.29, 1.82) is 0 Å². The molecule has 0 radical (unpaired) electrons. The minimum Gasteiger partial charge on any atom is -0.345 e. The molecule has 28 heavy (non-hydrogen) atoms. The Kier molecular flexibility index (Phi) is 5.70. The molecule has 1 amide bonds. The maximum Gasteiger partial charge on any atom is 0.254 e. The first-order valence-electron chi connectivity index (χ1n) is 10.2. The average Bonchev–Trinajstić information content (AvgIpc) is 3.09. The second-order valence-electron chi connectivity index (χ2n) is 7.62. The quantitative estimate of drug-likeness (QED) is 0.649. The maximum atomic E-state index is 13.9. The summed E-state index contributed by atoms with van der Waals surface area (Å²) in [6.07, 6.45) is 7.78. The van der Waals surface area contributed by atoms with Crippen LogP contribution in [0.5, 0.6) is 0 Å². The van der Waals surface area contributed by atoms with E-state index in [-0.39, 0.29) is 12.1 Å². The summed E-state index contributed by atoms with van der Waals surface area (Å²) in [6.45, 7) is 1.18. The molecule has 4 nitrogen and oxygen atoms in total. The van der Waals surface area contributed by atoms with Crippen molar-refractivity contribution in [3.63, 3.8) is 0 Å². The van der Waals surface area contributed by atoms with Crippen molar-refractivity contribution >= 4 is 16.9 Å². The fourth-order valence-electron chi connectivity index (χ4n) is 4.20. The van der Waals surface area contributed by atoms with Crippen molar-refractivity contribution < 1.29 is 9.18 Å². The zero-order chi connectivity index (χ0) is 19.3. The number of nitrogens with one attached hydrogen (secondary N) is 1. The molecule has 4 rings (SSSR count). The third kappa shape index (κ3) is 4.08. The van der Waals surface area contributed by atoms with Crippen molar-refractivity contribution in [2.75, 3.05) is 0 Å². The van der Waals surface area contributed by atoms with Crippen molar-refractivity contribution in [2.45, 2.75) is 51.6 Å². The highest BCUT2D eigenvalue weighted by atomic mass is 19.1. The molecule has 3 aromatic rings. The molecule has 1 aliphatic carbocycles. The third-order valence-electron chi connectivity index (χ3n) is 5.74. The lowest BCUT2D eigenvalue weighted by molar-refractivity contribution is 0.0945.